The van der Waals surface area contributed by atoms with Gasteiger partial charge in [-0.1, -0.05) is 24.3 Å². The van der Waals surface area contributed by atoms with E-state index in [0.29, 0.717) is 26.2 Å². The number of hydrogen-bond donors (Lipinski definition) is 3. The monoisotopic (exact) mass is 545 g/mol. The fraction of sp³-hybridized carbons (Fsp3) is 0.143. The number of ether oxygens (including phenoxy) is 2. The smallest absolute Gasteiger partial charge is 0.479 e. The van der Waals surface area contributed by atoms with E-state index in [9.17, 15) is 27.9 Å². The van der Waals surface area contributed by atoms with Crippen molar-refractivity contribution in [3.05, 3.63) is 63.4 Å². The molecule has 174 valence electrons. The van der Waals surface area contributed by atoms with Crippen molar-refractivity contribution in [2.45, 2.75) is 12.9 Å². The first-order valence-electron chi connectivity index (χ1n) is 9.12. The second kappa shape index (κ2) is 10.1. The van der Waals surface area contributed by atoms with Crippen LogP contribution in [-0.2, 0) is 11.3 Å². The van der Waals surface area contributed by atoms with Crippen molar-refractivity contribution < 1.29 is 42.4 Å². The van der Waals surface area contributed by atoms with Crippen LogP contribution in [0.1, 0.15) is 15.2 Å². The van der Waals surface area contributed by atoms with E-state index in [1.54, 1.807) is 30.3 Å². The van der Waals surface area contributed by atoms with Crippen LogP contribution >= 0.6 is 27.3 Å². The summed E-state index contributed by atoms with van der Waals surface area (Å²) in [4.78, 5) is 22.7. The predicted octanol–water partition coefficient (Wildman–Crippen LogP) is 5.85. The molecule has 1 aromatic heterocycles. The highest BCUT2D eigenvalue weighted by Gasteiger charge is 2.31. The van der Waals surface area contributed by atoms with Gasteiger partial charge in [0.15, 0.2) is 17.2 Å². The number of nitrogens with one attached hydrogen (secondary N) is 1. The van der Waals surface area contributed by atoms with Gasteiger partial charge in [0.05, 0.1) is 9.35 Å². The van der Waals surface area contributed by atoms with Gasteiger partial charge in [-0.3, -0.25) is 0 Å². The molecule has 0 aliphatic carbocycles. The van der Waals surface area contributed by atoms with Crippen molar-refractivity contribution in [1.82, 2.24) is 0 Å². The van der Waals surface area contributed by atoms with Crippen LogP contribution in [0.5, 0.6) is 11.5 Å². The molecule has 0 aliphatic heterocycles. The Bertz CT molecular complexity index is 1180. The number of carboxylic acids is 2. The van der Waals surface area contributed by atoms with Crippen molar-refractivity contribution in [3.8, 4) is 21.9 Å². The molecule has 0 aliphatic rings. The molecular formula is C21H15BrF3NO6S. The Hall–Kier alpha value is -3.25. The number of rotatable bonds is 9. The number of carboxylic acid groups (broad SMARTS) is 2. The molecule has 0 spiro atoms. The third kappa shape index (κ3) is 6.62. The molecule has 3 aromatic rings. The third-order valence-electron chi connectivity index (χ3n) is 4.10. The van der Waals surface area contributed by atoms with Crippen molar-refractivity contribution in [1.29, 1.82) is 0 Å². The van der Waals surface area contributed by atoms with E-state index in [4.69, 9.17) is 9.84 Å². The van der Waals surface area contributed by atoms with Gasteiger partial charge in [-0.2, -0.15) is 0 Å². The van der Waals surface area contributed by atoms with Gasteiger partial charge in [-0.05, 0) is 51.3 Å². The van der Waals surface area contributed by atoms with Gasteiger partial charge in [0.25, 0.3) is 0 Å². The predicted molar refractivity (Wildman–Crippen MR) is 118 cm³/mol. The van der Waals surface area contributed by atoms with Gasteiger partial charge in [0, 0.05) is 12.2 Å². The SMILES string of the molecule is O=C(O)COc1c(C(=O)O)sc(-c2cccc(NCc3cccc(OC(F)(F)F)c3)c2)c1Br. The Labute approximate surface area is 197 Å². The summed E-state index contributed by atoms with van der Waals surface area (Å²) in [5.74, 6) is -2.91. The molecule has 3 N–H and O–H groups in total. The van der Waals surface area contributed by atoms with Crippen LogP contribution in [0, 0.1) is 0 Å². The Morgan fingerprint density at radius 1 is 1.09 bits per heavy atom. The van der Waals surface area contributed by atoms with Gasteiger partial charge in [-0.25, -0.2) is 9.59 Å². The standard InChI is InChI=1S/C21H15BrF3NO6S/c22-16-17(31-10-15(27)28)19(20(29)30)33-18(16)12-4-2-5-13(8-12)26-9-11-3-1-6-14(7-11)32-21(23,24)25/h1-8,26H,9-10H2,(H,27,28)(H,29,30). The van der Waals surface area contributed by atoms with Gasteiger partial charge in [-0.15, -0.1) is 24.5 Å². The van der Waals surface area contributed by atoms with Gasteiger partial charge in [0.1, 0.15) is 5.75 Å². The normalized spacial score (nSPS) is 11.2. The molecule has 33 heavy (non-hydrogen) atoms. The molecular weight excluding hydrogens is 531 g/mol. The number of aromatic carboxylic acids is 1. The van der Waals surface area contributed by atoms with Gasteiger partial charge < -0.3 is 25.0 Å². The average molecular weight is 546 g/mol. The summed E-state index contributed by atoms with van der Waals surface area (Å²) < 4.78 is 46.6. The molecule has 0 saturated carbocycles. The van der Waals surface area contributed by atoms with Gasteiger partial charge >= 0.3 is 18.3 Å². The van der Waals surface area contributed by atoms with Crippen molar-refractivity contribution in [2.24, 2.45) is 0 Å². The lowest BCUT2D eigenvalue weighted by Gasteiger charge is -2.11. The first kappa shape index (κ1) is 24.4. The zero-order valence-corrected chi connectivity index (χ0v) is 18.9. The lowest BCUT2D eigenvalue weighted by molar-refractivity contribution is -0.274. The lowest BCUT2D eigenvalue weighted by Crippen LogP contribution is -2.17. The van der Waals surface area contributed by atoms with Crippen LogP contribution in [0.2, 0.25) is 0 Å². The zero-order valence-electron chi connectivity index (χ0n) is 16.5. The van der Waals surface area contributed by atoms with Crippen LogP contribution in [-0.4, -0.2) is 35.1 Å². The number of carbonyl (C=O) groups is 2. The Balaban J connectivity index is 1.80. The van der Waals surface area contributed by atoms with E-state index >= 15 is 0 Å². The number of hydrogen-bond acceptors (Lipinski definition) is 6. The first-order valence-corrected chi connectivity index (χ1v) is 10.7. The summed E-state index contributed by atoms with van der Waals surface area (Å²) in [7, 11) is 0. The summed E-state index contributed by atoms with van der Waals surface area (Å²) in [6, 6.07) is 12.5. The van der Waals surface area contributed by atoms with E-state index in [0.717, 1.165) is 11.3 Å². The minimum absolute atomic E-state index is 0.0789. The molecule has 3 rings (SSSR count). The second-order valence-electron chi connectivity index (χ2n) is 6.52. The zero-order chi connectivity index (χ0) is 24.2. The van der Waals surface area contributed by atoms with Crippen molar-refractivity contribution in [3.63, 3.8) is 0 Å². The molecule has 0 radical (unpaired) electrons. The maximum atomic E-state index is 12.4. The van der Waals surface area contributed by atoms with Gasteiger partial charge in [0.2, 0.25) is 0 Å². The Morgan fingerprint density at radius 3 is 2.48 bits per heavy atom. The Kier molecular flexibility index (Phi) is 7.49. The number of halogens is 4. The molecule has 0 bridgehead atoms. The Morgan fingerprint density at radius 2 is 1.82 bits per heavy atom. The minimum atomic E-state index is -4.78. The molecule has 12 heteroatoms. The quantitative estimate of drug-likeness (QED) is 0.309. The summed E-state index contributed by atoms with van der Waals surface area (Å²) >= 11 is 4.21. The first-order chi connectivity index (χ1) is 15.5. The maximum Gasteiger partial charge on any atom is 0.573 e. The largest absolute Gasteiger partial charge is 0.573 e. The molecule has 1 heterocycles. The molecule has 0 unspecified atom stereocenters. The molecule has 0 atom stereocenters. The highest BCUT2D eigenvalue weighted by Crippen LogP contribution is 2.46. The van der Waals surface area contributed by atoms with E-state index in [1.165, 1.54) is 18.2 Å². The van der Waals surface area contributed by atoms with Crippen molar-refractivity contribution >= 4 is 44.9 Å². The number of benzene rings is 2. The van der Waals surface area contributed by atoms with Crippen LogP contribution in [0.4, 0.5) is 18.9 Å². The topological polar surface area (TPSA) is 105 Å². The lowest BCUT2D eigenvalue weighted by atomic mass is 10.1. The van der Waals surface area contributed by atoms with Crippen molar-refractivity contribution in [2.75, 3.05) is 11.9 Å². The fourth-order valence-corrected chi connectivity index (χ4v) is 4.70. The van der Waals surface area contributed by atoms with Crippen LogP contribution in [0.25, 0.3) is 10.4 Å². The summed E-state index contributed by atoms with van der Waals surface area (Å²) in [5.41, 5.74) is 1.80. The fourth-order valence-electron chi connectivity index (χ4n) is 2.81. The van der Waals surface area contributed by atoms with Crippen LogP contribution < -0.4 is 14.8 Å². The van der Waals surface area contributed by atoms with E-state index in [-0.39, 0.29) is 22.9 Å². The molecule has 2 aromatic carbocycles. The molecule has 0 amide bonds. The number of alkyl halides is 3. The second-order valence-corrected chi connectivity index (χ2v) is 8.33. The van der Waals surface area contributed by atoms with Crippen LogP contribution in [0.3, 0.4) is 0 Å². The van der Waals surface area contributed by atoms with E-state index in [2.05, 4.69) is 26.0 Å². The van der Waals surface area contributed by atoms with E-state index < -0.39 is 24.9 Å². The third-order valence-corrected chi connectivity index (χ3v) is 6.32. The summed E-state index contributed by atoms with van der Waals surface area (Å²) in [6.45, 7) is -0.495. The van der Waals surface area contributed by atoms with Crippen LogP contribution in [0.15, 0.2) is 53.0 Å². The highest BCUT2D eigenvalue weighted by atomic mass is 79.9. The summed E-state index contributed by atoms with van der Waals surface area (Å²) in [6.07, 6.45) is -4.78. The number of aliphatic carboxylic acids is 1. The average Bonchev–Trinajstić information content (AvgIpc) is 3.06. The van der Waals surface area contributed by atoms with E-state index in [1.807, 2.05) is 0 Å². The maximum absolute atomic E-state index is 12.4. The molecule has 7 nitrogen and oxygen atoms in total. The minimum Gasteiger partial charge on any atom is -0.479 e. The number of anilines is 1. The summed E-state index contributed by atoms with van der Waals surface area (Å²) in [5, 5.41) is 21.4. The highest BCUT2D eigenvalue weighted by molar-refractivity contribution is 9.10. The molecule has 0 saturated heterocycles. The number of thiophene rings is 1. The molecule has 0 fully saturated rings.